The molecule has 19 heavy (non-hydrogen) atoms. The highest BCUT2D eigenvalue weighted by Crippen LogP contribution is 2.21. The topological polar surface area (TPSA) is 34.4 Å². The second-order valence-electron chi connectivity index (χ2n) is 4.38. The first kappa shape index (κ1) is 14.2. The lowest BCUT2D eigenvalue weighted by Crippen LogP contribution is -2.21. The van der Waals surface area contributed by atoms with E-state index in [-0.39, 0.29) is 6.04 Å². The Morgan fingerprint density at radius 1 is 1.26 bits per heavy atom. The first-order valence-corrected chi connectivity index (χ1v) is 7.10. The second kappa shape index (κ2) is 6.78. The van der Waals surface area contributed by atoms with E-state index in [1.807, 2.05) is 30.3 Å². The Bertz CT molecular complexity index is 524. The van der Waals surface area contributed by atoms with E-state index in [0.29, 0.717) is 0 Å². The van der Waals surface area contributed by atoms with Crippen LogP contribution in [0.2, 0.25) is 0 Å². The fourth-order valence-electron chi connectivity index (χ4n) is 1.99. The van der Waals surface area contributed by atoms with Gasteiger partial charge in [-0.25, -0.2) is 0 Å². The maximum atomic E-state index is 5.52. The van der Waals surface area contributed by atoms with Gasteiger partial charge in [0.15, 0.2) is 4.67 Å². The van der Waals surface area contributed by atoms with Gasteiger partial charge in [-0.15, -0.1) is 0 Å². The second-order valence-corrected chi connectivity index (χ2v) is 5.16. The summed E-state index contributed by atoms with van der Waals surface area (Å²) in [4.78, 5) is 0. The number of para-hydroxylation sites is 1. The molecule has 1 aromatic carbocycles. The average molecular weight is 324 g/mol. The van der Waals surface area contributed by atoms with Gasteiger partial charge in [0.1, 0.15) is 11.5 Å². The van der Waals surface area contributed by atoms with Crippen molar-refractivity contribution in [3.05, 3.63) is 52.4 Å². The number of hydrogen-bond acceptors (Lipinski definition) is 3. The standard InChI is InChI=1S/C15H18BrNO2/c1-11(13-7-8-15(16)19-13)17-10-9-12-5-3-4-6-14(12)18-2/h3-8,11,17H,9-10H2,1-2H3. The molecule has 1 atom stereocenters. The predicted octanol–water partition coefficient (Wildman–Crippen LogP) is 3.94. The van der Waals surface area contributed by atoms with E-state index in [2.05, 4.69) is 34.2 Å². The minimum Gasteiger partial charge on any atom is -0.496 e. The first-order chi connectivity index (χ1) is 9.20. The molecule has 0 aliphatic heterocycles. The summed E-state index contributed by atoms with van der Waals surface area (Å²) in [5, 5.41) is 3.44. The zero-order valence-corrected chi connectivity index (χ0v) is 12.7. The summed E-state index contributed by atoms with van der Waals surface area (Å²) in [6, 6.07) is 12.2. The van der Waals surface area contributed by atoms with E-state index in [9.17, 15) is 0 Å². The summed E-state index contributed by atoms with van der Waals surface area (Å²) in [5.41, 5.74) is 1.21. The lowest BCUT2D eigenvalue weighted by Gasteiger charge is -2.12. The predicted molar refractivity (Wildman–Crippen MR) is 79.5 cm³/mol. The molecule has 1 heterocycles. The van der Waals surface area contributed by atoms with Gasteiger partial charge in [0.05, 0.1) is 13.2 Å². The van der Waals surface area contributed by atoms with E-state index in [0.717, 1.165) is 29.1 Å². The van der Waals surface area contributed by atoms with Crippen molar-refractivity contribution < 1.29 is 9.15 Å². The molecule has 0 saturated heterocycles. The number of ether oxygens (including phenoxy) is 1. The SMILES string of the molecule is COc1ccccc1CCNC(C)c1ccc(Br)o1. The number of benzene rings is 1. The fraction of sp³-hybridized carbons (Fsp3) is 0.333. The molecule has 0 amide bonds. The molecule has 3 nitrogen and oxygen atoms in total. The third-order valence-electron chi connectivity index (χ3n) is 3.06. The summed E-state index contributed by atoms with van der Waals surface area (Å²) in [6.07, 6.45) is 0.927. The number of furan rings is 1. The molecule has 1 unspecified atom stereocenters. The lowest BCUT2D eigenvalue weighted by molar-refractivity contribution is 0.404. The minimum atomic E-state index is 0.195. The normalized spacial score (nSPS) is 12.4. The van der Waals surface area contributed by atoms with Crippen molar-refractivity contribution in [3.63, 3.8) is 0 Å². The largest absolute Gasteiger partial charge is 0.496 e. The van der Waals surface area contributed by atoms with Crippen LogP contribution in [0, 0.1) is 0 Å². The fourth-order valence-corrected chi connectivity index (χ4v) is 2.31. The molecule has 0 spiro atoms. The molecule has 4 heteroatoms. The Balaban J connectivity index is 1.86. The van der Waals surface area contributed by atoms with E-state index in [1.165, 1.54) is 5.56 Å². The van der Waals surface area contributed by atoms with Gasteiger partial charge in [0.2, 0.25) is 0 Å². The van der Waals surface area contributed by atoms with Crippen molar-refractivity contribution in [2.24, 2.45) is 0 Å². The van der Waals surface area contributed by atoms with Gasteiger partial charge in [-0.1, -0.05) is 18.2 Å². The minimum absolute atomic E-state index is 0.195. The monoisotopic (exact) mass is 323 g/mol. The highest BCUT2D eigenvalue weighted by atomic mass is 79.9. The average Bonchev–Trinajstić information content (AvgIpc) is 2.86. The third-order valence-corrected chi connectivity index (χ3v) is 3.48. The quantitative estimate of drug-likeness (QED) is 0.874. The Morgan fingerprint density at radius 2 is 2.05 bits per heavy atom. The highest BCUT2D eigenvalue weighted by Gasteiger charge is 2.09. The van der Waals surface area contributed by atoms with Crippen molar-refractivity contribution in [1.82, 2.24) is 5.32 Å². The zero-order chi connectivity index (χ0) is 13.7. The molecule has 0 bridgehead atoms. The number of hydrogen-bond donors (Lipinski definition) is 1. The van der Waals surface area contributed by atoms with Crippen molar-refractivity contribution in [3.8, 4) is 5.75 Å². The van der Waals surface area contributed by atoms with Crippen LogP contribution in [-0.4, -0.2) is 13.7 Å². The summed E-state index contributed by atoms with van der Waals surface area (Å²) in [5.74, 6) is 1.88. The van der Waals surface area contributed by atoms with Gasteiger partial charge in [-0.3, -0.25) is 0 Å². The van der Waals surface area contributed by atoms with Crippen molar-refractivity contribution in [1.29, 1.82) is 0 Å². The molecule has 0 aliphatic carbocycles. The molecule has 0 saturated carbocycles. The van der Waals surface area contributed by atoms with Crippen LogP contribution >= 0.6 is 15.9 Å². The van der Waals surface area contributed by atoms with Crippen LogP contribution in [0.15, 0.2) is 45.5 Å². The van der Waals surface area contributed by atoms with Crippen LogP contribution in [0.3, 0.4) is 0 Å². The molecule has 1 N–H and O–H groups in total. The number of halogens is 1. The van der Waals surface area contributed by atoms with Crippen LogP contribution < -0.4 is 10.1 Å². The summed E-state index contributed by atoms with van der Waals surface area (Å²) in [7, 11) is 1.70. The van der Waals surface area contributed by atoms with Crippen LogP contribution in [0.4, 0.5) is 0 Å². The molecular formula is C15H18BrNO2. The van der Waals surface area contributed by atoms with Gasteiger partial charge >= 0.3 is 0 Å². The summed E-state index contributed by atoms with van der Waals surface area (Å²) in [6.45, 7) is 2.97. The molecular weight excluding hydrogens is 306 g/mol. The van der Waals surface area contributed by atoms with Crippen LogP contribution in [0.1, 0.15) is 24.3 Å². The first-order valence-electron chi connectivity index (χ1n) is 6.31. The van der Waals surface area contributed by atoms with E-state index in [4.69, 9.17) is 9.15 Å². The maximum Gasteiger partial charge on any atom is 0.169 e. The zero-order valence-electron chi connectivity index (χ0n) is 11.2. The van der Waals surface area contributed by atoms with Gasteiger partial charge in [0, 0.05) is 0 Å². The van der Waals surface area contributed by atoms with Crippen molar-refractivity contribution in [2.75, 3.05) is 13.7 Å². The van der Waals surface area contributed by atoms with E-state index >= 15 is 0 Å². The Hall–Kier alpha value is -1.26. The number of methoxy groups -OCH3 is 1. The molecule has 1 aromatic heterocycles. The van der Waals surface area contributed by atoms with Crippen LogP contribution in [0.5, 0.6) is 5.75 Å². The Labute approximate surface area is 122 Å². The lowest BCUT2D eigenvalue weighted by atomic mass is 10.1. The van der Waals surface area contributed by atoms with Gasteiger partial charge in [-0.2, -0.15) is 0 Å². The van der Waals surface area contributed by atoms with Crippen LogP contribution in [0.25, 0.3) is 0 Å². The van der Waals surface area contributed by atoms with Gasteiger partial charge in [0.25, 0.3) is 0 Å². The highest BCUT2D eigenvalue weighted by molar-refractivity contribution is 9.10. The summed E-state index contributed by atoms with van der Waals surface area (Å²) < 4.78 is 11.6. The molecule has 102 valence electrons. The van der Waals surface area contributed by atoms with Gasteiger partial charge < -0.3 is 14.5 Å². The van der Waals surface area contributed by atoms with Crippen molar-refractivity contribution in [2.45, 2.75) is 19.4 Å². The van der Waals surface area contributed by atoms with Gasteiger partial charge in [-0.05, 0) is 59.6 Å². The Kier molecular flexibility index (Phi) is 5.05. The molecule has 0 radical (unpaired) electrons. The number of rotatable bonds is 6. The molecule has 0 aliphatic rings. The van der Waals surface area contributed by atoms with E-state index < -0.39 is 0 Å². The maximum absolute atomic E-state index is 5.52. The molecule has 2 rings (SSSR count). The molecule has 2 aromatic rings. The van der Waals surface area contributed by atoms with E-state index in [1.54, 1.807) is 7.11 Å². The summed E-state index contributed by atoms with van der Waals surface area (Å²) >= 11 is 3.31. The van der Waals surface area contributed by atoms with Crippen molar-refractivity contribution >= 4 is 15.9 Å². The van der Waals surface area contributed by atoms with Crippen LogP contribution in [-0.2, 0) is 6.42 Å². The smallest absolute Gasteiger partial charge is 0.169 e. The third kappa shape index (κ3) is 3.85. The number of nitrogens with one attached hydrogen (secondary N) is 1. The Morgan fingerprint density at radius 3 is 2.74 bits per heavy atom. The molecule has 0 fully saturated rings.